The standard InChI is InChI=1S/C20H18ClN3O2S/c1-12-18-19(13-4-3-5-16(10-13)26-2)27-11-17(25)22-20(18)24(23-12)15-8-6-14(21)7-9-15/h3-10,19H,11H2,1-2H3,(H,22,25)/t19-/m0/s1. The van der Waals surface area contributed by atoms with Gasteiger partial charge in [-0.2, -0.15) is 5.10 Å². The third-order valence-corrected chi connectivity index (χ3v) is 6.00. The van der Waals surface area contributed by atoms with Gasteiger partial charge in [-0.15, -0.1) is 11.8 Å². The summed E-state index contributed by atoms with van der Waals surface area (Å²) in [6.07, 6.45) is 0. The first-order valence-electron chi connectivity index (χ1n) is 8.47. The minimum atomic E-state index is -0.0400. The van der Waals surface area contributed by atoms with Crippen molar-refractivity contribution in [3.05, 3.63) is 70.4 Å². The van der Waals surface area contributed by atoms with Crippen molar-refractivity contribution in [2.24, 2.45) is 0 Å². The molecule has 1 atom stereocenters. The molecule has 2 heterocycles. The van der Waals surface area contributed by atoms with Gasteiger partial charge in [0, 0.05) is 10.6 Å². The number of aromatic nitrogens is 2. The SMILES string of the molecule is COc1cccc([C@@H]2SCC(=O)Nc3c2c(C)nn3-c2ccc(Cl)cc2)c1. The van der Waals surface area contributed by atoms with Crippen LogP contribution in [0.3, 0.4) is 0 Å². The van der Waals surface area contributed by atoms with Crippen LogP contribution in [0.1, 0.15) is 22.1 Å². The zero-order valence-electron chi connectivity index (χ0n) is 14.9. The number of carbonyl (C=O) groups is 1. The number of anilines is 1. The van der Waals surface area contributed by atoms with Crippen LogP contribution in [0.4, 0.5) is 5.82 Å². The minimum absolute atomic E-state index is 0.0184. The van der Waals surface area contributed by atoms with E-state index < -0.39 is 0 Å². The second-order valence-electron chi connectivity index (χ2n) is 6.25. The summed E-state index contributed by atoms with van der Waals surface area (Å²) in [5, 5.41) is 8.37. The van der Waals surface area contributed by atoms with Crippen LogP contribution in [0.2, 0.25) is 5.02 Å². The number of ether oxygens (including phenoxy) is 1. The highest BCUT2D eigenvalue weighted by Gasteiger charge is 2.30. The normalized spacial score (nSPS) is 16.4. The second-order valence-corrected chi connectivity index (χ2v) is 7.78. The summed E-state index contributed by atoms with van der Waals surface area (Å²) in [5.74, 6) is 1.83. The number of thioether (sulfide) groups is 1. The molecule has 5 nitrogen and oxygen atoms in total. The highest BCUT2D eigenvalue weighted by Crippen LogP contribution is 2.44. The van der Waals surface area contributed by atoms with Crippen molar-refractivity contribution in [1.29, 1.82) is 0 Å². The third kappa shape index (κ3) is 3.42. The van der Waals surface area contributed by atoms with Gasteiger partial charge in [0.25, 0.3) is 0 Å². The van der Waals surface area contributed by atoms with Gasteiger partial charge in [0.15, 0.2) is 0 Å². The zero-order chi connectivity index (χ0) is 19.0. The Bertz CT molecular complexity index is 1000. The number of nitrogens with zero attached hydrogens (tertiary/aromatic N) is 2. The van der Waals surface area contributed by atoms with E-state index in [1.54, 1.807) is 23.6 Å². The van der Waals surface area contributed by atoms with E-state index in [0.29, 0.717) is 16.6 Å². The van der Waals surface area contributed by atoms with Gasteiger partial charge in [-0.3, -0.25) is 4.79 Å². The molecule has 0 saturated heterocycles. The maximum Gasteiger partial charge on any atom is 0.235 e. The molecule has 0 bridgehead atoms. The highest BCUT2D eigenvalue weighted by atomic mass is 35.5. The van der Waals surface area contributed by atoms with E-state index in [0.717, 1.165) is 28.3 Å². The quantitative estimate of drug-likeness (QED) is 0.698. The molecule has 0 radical (unpaired) electrons. The Hall–Kier alpha value is -2.44. The van der Waals surface area contributed by atoms with Crippen LogP contribution in [0.5, 0.6) is 5.75 Å². The van der Waals surface area contributed by atoms with E-state index >= 15 is 0 Å². The molecule has 3 aromatic rings. The van der Waals surface area contributed by atoms with Gasteiger partial charge in [0.1, 0.15) is 11.6 Å². The van der Waals surface area contributed by atoms with Crippen molar-refractivity contribution in [1.82, 2.24) is 9.78 Å². The average Bonchev–Trinajstić information content (AvgIpc) is 2.88. The molecule has 0 unspecified atom stereocenters. The van der Waals surface area contributed by atoms with Gasteiger partial charge in [0.2, 0.25) is 5.91 Å². The summed E-state index contributed by atoms with van der Waals surface area (Å²) in [6, 6.07) is 15.3. The molecule has 1 aromatic heterocycles. The number of benzene rings is 2. The van der Waals surface area contributed by atoms with Crippen LogP contribution in [0, 0.1) is 6.92 Å². The molecule has 0 spiro atoms. The number of amides is 1. The van der Waals surface area contributed by atoms with E-state index in [9.17, 15) is 4.79 Å². The summed E-state index contributed by atoms with van der Waals surface area (Å²) >= 11 is 7.60. The first-order valence-corrected chi connectivity index (χ1v) is 9.90. The average molecular weight is 400 g/mol. The molecule has 1 aliphatic rings. The summed E-state index contributed by atoms with van der Waals surface area (Å²) in [5.41, 5.74) is 3.81. The first kappa shape index (κ1) is 17.9. The maximum absolute atomic E-state index is 12.4. The van der Waals surface area contributed by atoms with Crippen molar-refractivity contribution in [3.63, 3.8) is 0 Å². The molecule has 0 aliphatic carbocycles. The Kier molecular flexibility index (Phi) is 4.85. The number of methoxy groups -OCH3 is 1. The van der Waals surface area contributed by atoms with Crippen LogP contribution < -0.4 is 10.1 Å². The predicted octanol–water partition coefficient (Wildman–Crippen LogP) is 4.62. The summed E-state index contributed by atoms with van der Waals surface area (Å²) in [7, 11) is 1.65. The lowest BCUT2D eigenvalue weighted by atomic mass is 10.0. The first-order chi connectivity index (χ1) is 13.1. The fourth-order valence-electron chi connectivity index (χ4n) is 3.22. The molecular weight excluding hydrogens is 382 g/mol. The number of rotatable bonds is 3. The smallest absolute Gasteiger partial charge is 0.235 e. The monoisotopic (exact) mass is 399 g/mol. The number of nitrogens with one attached hydrogen (secondary N) is 1. The Morgan fingerprint density at radius 2 is 2.04 bits per heavy atom. The third-order valence-electron chi connectivity index (χ3n) is 4.48. The van der Waals surface area contributed by atoms with Crippen molar-refractivity contribution in [2.75, 3.05) is 18.2 Å². The molecule has 1 N–H and O–H groups in total. The number of hydrogen-bond donors (Lipinski definition) is 1. The molecule has 7 heteroatoms. The molecule has 1 aliphatic heterocycles. The van der Waals surface area contributed by atoms with E-state index in [1.165, 1.54) is 0 Å². The van der Waals surface area contributed by atoms with Gasteiger partial charge >= 0.3 is 0 Å². The van der Waals surface area contributed by atoms with Gasteiger partial charge < -0.3 is 10.1 Å². The summed E-state index contributed by atoms with van der Waals surface area (Å²) < 4.78 is 7.15. The van der Waals surface area contributed by atoms with Crippen molar-refractivity contribution < 1.29 is 9.53 Å². The van der Waals surface area contributed by atoms with Gasteiger partial charge in [0.05, 0.1) is 29.5 Å². The molecular formula is C20H18ClN3O2S. The Labute approximate surface area is 166 Å². The lowest BCUT2D eigenvalue weighted by molar-refractivity contribution is -0.113. The number of hydrogen-bond acceptors (Lipinski definition) is 4. The van der Waals surface area contributed by atoms with Gasteiger partial charge in [-0.05, 0) is 48.9 Å². The van der Waals surface area contributed by atoms with Crippen molar-refractivity contribution >= 4 is 35.1 Å². The topological polar surface area (TPSA) is 56.1 Å². The number of halogens is 1. The zero-order valence-corrected chi connectivity index (χ0v) is 16.5. The Morgan fingerprint density at radius 3 is 2.78 bits per heavy atom. The number of fused-ring (bicyclic) bond motifs is 1. The molecule has 138 valence electrons. The van der Waals surface area contributed by atoms with Crippen LogP contribution >= 0.6 is 23.4 Å². The largest absolute Gasteiger partial charge is 0.497 e. The van der Waals surface area contributed by atoms with Crippen LogP contribution in [-0.4, -0.2) is 28.6 Å². The summed E-state index contributed by atoms with van der Waals surface area (Å²) in [4.78, 5) is 12.4. The van der Waals surface area contributed by atoms with Crippen LogP contribution in [0.25, 0.3) is 5.69 Å². The van der Waals surface area contributed by atoms with E-state index in [-0.39, 0.29) is 11.2 Å². The predicted molar refractivity (Wildman–Crippen MR) is 109 cm³/mol. The molecule has 0 saturated carbocycles. The lowest BCUT2D eigenvalue weighted by Crippen LogP contribution is -2.15. The number of carbonyl (C=O) groups excluding carboxylic acids is 1. The Morgan fingerprint density at radius 1 is 1.26 bits per heavy atom. The number of aryl methyl sites for hydroxylation is 1. The van der Waals surface area contributed by atoms with Gasteiger partial charge in [-0.1, -0.05) is 23.7 Å². The van der Waals surface area contributed by atoms with E-state index in [2.05, 4.69) is 11.4 Å². The Balaban J connectivity index is 1.87. The maximum atomic E-state index is 12.4. The van der Waals surface area contributed by atoms with Crippen molar-refractivity contribution in [2.45, 2.75) is 12.2 Å². The minimum Gasteiger partial charge on any atom is -0.497 e. The fourth-order valence-corrected chi connectivity index (χ4v) is 4.52. The molecule has 1 amide bonds. The van der Waals surface area contributed by atoms with E-state index in [1.807, 2.05) is 49.4 Å². The van der Waals surface area contributed by atoms with Crippen LogP contribution in [0.15, 0.2) is 48.5 Å². The molecule has 0 fully saturated rings. The second kappa shape index (κ2) is 7.29. The highest BCUT2D eigenvalue weighted by molar-refractivity contribution is 8.00. The lowest BCUT2D eigenvalue weighted by Gasteiger charge is -2.16. The van der Waals surface area contributed by atoms with Crippen molar-refractivity contribution in [3.8, 4) is 11.4 Å². The molecule has 4 rings (SSSR count). The fraction of sp³-hybridized carbons (Fsp3) is 0.200. The van der Waals surface area contributed by atoms with Crippen LogP contribution in [-0.2, 0) is 4.79 Å². The van der Waals surface area contributed by atoms with Gasteiger partial charge in [-0.25, -0.2) is 4.68 Å². The molecule has 27 heavy (non-hydrogen) atoms. The van der Waals surface area contributed by atoms with E-state index in [4.69, 9.17) is 21.4 Å². The summed E-state index contributed by atoms with van der Waals surface area (Å²) in [6.45, 7) is 1.97. The molecule has 2 aromatic carbocycles.